The van der Waals surface area contributed by atoms with Crippen LogP contribution in [0.1, 0.15) is 5.56 Å². The third-order valence-electron chi connectivity index (χ3n) is 1.84. The summed E-state index contributed by atoms with van der Waals surface area (Å²) >= 11 is 0. The van der Waals surface area contributed by atoms with Crippen molar-refractivity contribution in [2.45, 2.75) is 6.04 Å². The number of benzene rings is 1. The minimum absolute atomic E-state index is 0.746. The van der Waals surface area contributed by atoms with Crippen LogP contribution in [-0.4, -0.2) is 16.7 Å². The van der Waals surface area contributed by atoms with Crippen LogP contribution in [0.2, 0.25) is 0 Å². The van der Waals surface area contributed by atoms with Gasteiger partial charge in [0.15, 0.2) is 6.07 Å². The Morgan fingerprint density at radius 3 is 2.56 bits per heavy atom. The number of nitriles is 1. The molecule has 0 aliphatic rings. The van der Waals surface area contributed by atoms with Crippen LogP contribution in [0.15, 0.2) is 36.4 Å². The van der Waals surface area contributed by atoms with Crippen LogP contribution in [0.25, 0.3) is 6.08 Å². The molecule has 1 aromatic carbocycles. The SMILES string of the molecule is N#CC(C(=O)C=Cc1ccccc1)[N+](=O)[O-]. The van der Waals surface area contributed by atoms with Crippen molar-refractivity contribution in [3.63, 3.8) is 0 Å². The third-order valence-corrected chi connectivity index (χ3v) is 1.84. The molecule has 16 heavy (non-hydrogen) atoms. The van der Waals surface area contributed by atoms with E-state index < -0.39 is 16.7 Å². The molecule has 0 saturated heterocycles. The molecule has 1 atom stereocenters. The highest BCUT2D eigenvalue weighted by molar-refractivity contribution is 5.98. The van der Waals surface area contributed by atoms with Gasteiger partial charge in [0.05, 0.1) is 0 Å². The van der Waals surface area contributed by atoms with Gasteiger partial charge >= 0.3 is 6.04 Å². The van der Waals surface area contributed by atoms with E-state index in [0.29, 0.717) is 0 Å². The van der Waals surface area contributed by atoms with Crippen LogP contribution in [-0.2, 0) is 4.79 Å². The highest BCUT2D eigenvalue weighted by atomic mass is 16.6. The Bertz CT molecular complexity index is 460. The number of hydrogen-bond acceptors (Lipinski definition) is 4. The molecule has 0 aromatic heterocycles. The average molecular weight is 216 g/mol. The lowest BCUT2D eigenvalue weighted by Gasteiger charge is -1.95. The van der Waals surface area contributed by atoms with Gasteiger partial charge in [-0.2, -0.15) is 5.26 Å². The number of rotatable bonds is 4. The smallest absolute Gasteiger partial charge is 0.286 e. The van der Waals surface area contributed by atoms with E-state index in [1.807, 2.05) is 6.07 Å². The third kappa shape index (κ3) is 3.03. The van der Waals surface area contributed by atoms with Crippen LogP contribution in [0.3, 0.4) is 0 Å². The van der Waals surface area contributed by atoms with Crippen molar-refractivity contribution in [1.82, 2.24) is 0 Å². The van der Waals surface area contributed by atoms with Crippen molar-refractivity contribution in [3.05, 3.63) is 52.1 Å². The van der Waals surface area contributed by atoms with Gasteiger partial charge in [-0.3, -0.25) is 14.9 Å². The molecule has 0 radical (unpaired) electrons. The predicted molar refractivity (Wildman–Crippen MR) is 56.9 cm³/mol. The zero-order chi connectivity index (χ0) is 12.0. The minimum Gasteiger partial charge on any atom is -0.286 e. The van der Waals surface area contributed by atoms with Gasteiger partial charge < -0.3 is 0 Å². The van der Waals surface area contributed by atoms with Gasteiger partial charge in [0.2, 0.25) is 5.78 Å². The van der Waals surface area contributed by atoms with Crippen LogP contribution in [0.5, 0.6) is 0 Å². The Morgan fingerprint density at radius 2 is 2.06 bits per heavy atom. The lowest BCUT2D eigenvalue weighted by Crippen LogP contribution is -2.25. The second-order valence-corrected chi connectivity index (χ2v) is 2.96. The summed E-state index contributed by atoms with van der Waals surface area (Å²) in [7, 11) is 0. The molecule has 0 aliphatic carbocycles. The summed E-state index contributed by atoms with van der Waals surface area (Å²) in [4.78, 5) is 20.6. The quantitative estimate of drug-likeness (QED) is 0.433. The fourth-order valence-electron chi connectivity index (χ4n) is 1.05. The number of ketones is 1. The maximum atomic E-state index is 11.2. The van der Waals surface area contributed by atoms with Gasteiger partial charge in [0, 0.05) is 4.92 Å². The number of nitrogens with zero attached hydrogens (tertiary/aromatic N) is 2. The summed E-state index contributed by atoms with van der Waals surface area (Å²) in [6.07, 6.45) is 2.49. The molecule has 0 saturated carbocycles. The number of carbonyl (C=O) groups excluding carboxylic acids is 1. The van der Waals surface area contributed by atoms with Crippen LogP contribution < -0.4 is 0 Å². The Morgan fingerprint density at radius 1 is 1.44 bits per heavy atom. The van der Waals surface area contributed by atoms with Gasteiger partial charge in [-0.05, 0) is 11.6 Å². The maximum absolute atomic E-state index is 11.2. The Hall–Kier alpha value is -2.48. The van der Waals surface area contributed by atoms with Crippen LogP contribution >= 0.6 is 0 Å². The first kappa shape index (κ1) is 11.6. The monoisotopic (exact) mass is 216 g/mol. The van der Waals surface area contributed by atoms with E-state index >= 15 is 0 Å². The first-order valence-corrected chi connectivity index (χ1v) is 4.45. The molecule has 1 aromatic rings. The maximum Gasteiger partial charge on any atom is 0.357 e. The fourth-order valence-corrected chi connectivity index (χ4v) is 1.05. The highest BCUT2D eigenvalue weighted by Crippen LogP contribution is 2.02. The average Bonchev–Trinajstić information content (AvgIpc) is 2.28. The lowest BCUT2D eigenvalue weighted by molar-refractivity contribution is -0.492. The van der Waals surface area contributed by atoms with Gasteiger partial charge in [0.25, 0.3) is 0 Å². The van der Waals surface area contributed by atoms with Crippen molar-refractivity contribution in [2.75, 3.05) is 0 Å². The molecular weight excluding hydrogens is 208 g/mol. The normalized spacial score (nSPS) is 11.9. The minimum atomic E-state index is -1.82. The lowest BCUT2D eigenvalue weighted by atomic mass is 10.1. The molecule has 0 N–H and O–H groups in total. The van der Waals surface area contributed by atoms with E-state index in [4.69, 9.17) is 5.26 Å². The van der Waals surface area contributed by atoms with Crippen molar-refractivity contribution < 1.29 is 9.72 Å². The van der Waals surface area contributed by atoms with E-state index in [9.17, 15) is 14.9 Å². The van der Waals surface area contributed by atoms with Crippen LogP contribution in [0.4, 0.5) is 0 Å². The molecule has 0 bridgehead atoms. The van der Waals surface area contributed by atoms with Crippen molar-refractivity contribution in [3.8, 4) is 6.07 Å². The van der Waals surface area contributed by atoms with Gasteiger partial charge in [-0.25, -0.2) is 0 Å². The highest BCUT2D eigenvalue weighted by Gasteiger charge is 2.26. The van der Waals surface area contributed by atoms with E-state index in [0.717, 1.165) is 11.6 Å². The predicted octanol–water partition coefficient (Wildman–Crippen LogP) is 1.44. The van der Waals surface area contributed by atoms with Crippen molar-refractivity contribution in [2.24, 2.45) is 0 Å². The first-order valence-electron chi connectivity index (χ1n) is 4.45. The molecule has 0 spiro atoms. The second kappa shape index (κ2) is 5.41. The summed E-state index contributed by atoms with van der Waals surface area (Å²) in [6.45, 7) is 0. The van der Waals surface area contributed by atoms with E-state index in [-0.39, 0.29) is 0 Å². The molecule has 1 rings (SSSR count). The molecule has 1 unspecified atom stereocenters. The first-order chi connectivity index (χ1) is 7.65. The molecule has 0 fully saturated rings. The molecule has 0 aliphatic heterocycles. The zero-order valence-corrected chi connectivity index (χ0v) is 8.24. The van der Waals surface area contributed by atoms with Gasteiger partial charge in [-0.1, -0.05) is 36.4 Å². The number of carbonyl (C=O) groups is 1. The summed E-state index contributed by atoms with van der Waals surface area (Å²) in [5, 5.41) is 18.7. The Kier molecular flexibility index (Phi) is 3.92. The summed E-state index contributed by atoms with van der Waals surface area (Å²) < 4.78 is 0. The molecule has 80 valence electrons. The zero-order valence-electron chi connectivity index (χ0n) is 8.24. The summed E-state index contributed by atoms with van der Waals surface area (Å²) in [6, 6.07) is 8.38. The largest absolute Gasteiger partial charge is 0.357 e. The molecular formula is C11H8N2O3. The Labute approximate surface area is 91.8 Å². The van der Waals surface area contributed by atoms with E-state index in [2.05, 4.69) is 0 Å². The molecule has 0 heterocycles. The number of nitro groups is 1. The van der Waals surface area contributed by atoms with Gasteiger partial charge in [-0.15, -0.1) is 0 Å². The Balaban J connectivity index is 2.76. The topological polar surface area (TPSA) is 84.0 Å². The molecule has 0 amide bonds. The summed E-state index contributed by atoms with van der Waals surface area (Å²) in [5.74, 6) is -0.823. The van der Waals surface area contributed by atoms with Gasteiger partial charge in [0.1, 0.15) is 0 Å². The molecule has 5 nitrogen and oxygen atoms in total. The molecule has 5 heteroatoms. The second-order valence-electron chi connectivity index (χ2n) is 2.96. The number of hydrogen-bond donors (Lipinski definition) is 0. The fraction of sp³-hybridized carbons (Fsp3) is 0.0909. The summed E-state index contributed by atoms with van der Waals surface area (Å²) in [5.41, 5.74) is 0.746. The van der Waals surface area contributed by atoms with E-state index in [1.54, 1.807) is 24.3 Å². The van der Waals surface area contributed by atoms with Crippen LogP contribution in [0, 0.1) is 21.4 Å². The van der Waals surface area contributed by atoms with E-state index in [1.165, 1.54) is 12.1 Å². The van der Waals surface area contributed by atoms with Crippen molar-refractivity contribution >= 4 is 11.9 Å². The van der Waals surface area contributed by atoms with Crippen molar-refractivity contribution in [1.29, 1.82) is 5.26 Å². The standard InChI is InChI=1S/C11H8N2O3/c12-8-10(13(15)16)11(14)7-6-9-4-2-1-3-5-9/h1-7,10H.